The van der Waals surface area contributed by atoms with Crippen molar-refractivity contribution in [2.24, 2.45) is 0 Å². The van der Waals surface area contributed by atoms with E-state index >= 15 is 0 Å². The van der Waals surface area contributed by atoms with E-state index in [0.717, 1.165) is 18.2 Å². The second-order valence-corrected chi connectivity index (χ2v) is 11.5. The van der Waals surface area contributed by atoms with E-state index in [9.17, 15) is 18.0 Å². The Hall–Kier alpha value is -3.47. The molecule has 39 heavy (non-hydrogen) atoms. The average molecular weight is 562 g/mol. The summed E-state index contributed by atoms with van der Waals surface area (Å²) in [6, 6.07) is 11.6. The summed E-state index contributed by atoms with van der Waals surface area (Å²) in [6.45, 7) is 6.21. The fourth-order valence-corrected chi connectivity index (χ4v) is 5.29. The van der Waals surface area contributed by atoms with Gasteiger partial charge in [-0.2, -0.15) is 0 Å². The highest BCUT2D eigenvalue weighted by Gasteiger charge is 2.29. The molecule has 2 atom stereocenters. The van der Waals surface area contributed by atoms with Crippen LogP contribution in [-0.2, 0) is 26.2 Å². The lowest BCUT2D eigenvalue weighted by atomic mass is 10.1. The Morgan fingerprint density at radius 2 is 1.74 bits per heavy atom. The van der Waals surface area contributed by atoms with E-state index in [-0.39, 0.29) is 50.6 Å². The Balaban J connectivity index is 1.77. The Morgan fingerprint density at radius 3 is 2.36 bits per heavy atom. The molecule has 2 amide bonds. The van der Waals surface area contributed by atoms with E-state index in [4.69, 9.17) is 14.2 Å². The Bertz CT molecular complexity index is 1230. The third-order valence-electron chi connectivity index (χ3n) is 6.70. The first-order chi connectivity index (χ1) is 18.6. The summed E-state index contributed by atoms with van der Waals surface area (Å²) in [5.74, 6) is 1.30. The van der Waals surface area contributed by atoms with Crippen LogP contribution in [0.15, 0.2) is 42.5 Å². The molecule has 1 N–H and O–H groups in total. The predicted octanol–water partition coefficient (Wildman–Crippen LogP) is 3.69. The van der Waals surface area contributed by atoms with E-state index in [1.807, 2.05) is 45.0 Å². The molecule has 214 valence electrons. The maximum absolute atomic E-state index is 13.6. The SMILES string of the molecule is CCC(C)NC(=O)C(CC)N(Cc1ccc(OC)cc1)C(=O)CCCN(c1ccc2c(c1)OCO2)S(C)(=O)=O. The first kappa shape index (κ1) is 30.1. The van der Waals surface area contributed by atoms with Crippen LogP contribution in [0.3, 0.4) is 0 Å². The molecule has 1 heterocycles. The van der Waals surface area contributed by atoms with Crippen LogP contribution in [-0.4, -0.2) is 63.9 Å². The highest BCUT2D eigenvalue weighted by Crippen LogP contribution is 2.36. The monoisotopic (exact) mass is 561 g/mol. The smallest absolute Gasteiger partial charge is 0.243 e. The molecular weight excluding hydrogens is 522 g/mol. The first-order valence-electron chi connectivity index (χ1n) is 13.2. The molecule has 1 aliphatic heterocycles. The van der Waals surface area contributed by atoms with Crippen LogP contribution in [0.5, 0.6) is 17.2 Å². The Labute approximate surface area is 231 Å². The number of ether oxygens (including phenoxy) is 3. The first-order valence-corrected chi connectivity index (χ1v) is 15.0. The third-order valence-corrected chi connectivity index (χ3v) is 7.89. The number of amides is 2. The fraction of sp³-hybridized carbons (Fsp3) is 0.500. The number of rotatable bonds is 14. The van der Waals surface area contributed by atoms with Gasteiger partial charge in [0, 0.05) is 31.6 Å². The number of anilines is 1. The van der Waals surface area contributed by atoms with Crippen LogP contribution < -0.4 is 23.8 Å². The predicted molar refractivity (Wildman–Crippen MR) is 150 cm³/mol. The maximum Gasteiger partial charge on any atom is 0.243 e. The number of fused-ring (bicyclic) bond motifs is 1. The molecular formula is C28H39N3O7S. The van der Waals surface area contributed by atoms with Crippen LogP contribution in [0.2, 0.25) is 0 Å². The molecule has 2 aromatic carbocycles. The molecule has 0 saturated heterocycles. The van der Waals surface area contributed by atoms with Crippen LogP contribution in [0, 0.1) is 0 Å². The van der Waals surface area contributed by atoms with Crippen molar-refractivity contribution < 1.29 is 32.2 Å². The van der Waals surface area contributed by atoms with Gasteiger partial charge in [-0.3, -0.25) is 13.9 Å². The van der Waals surface area contributed by atoms with Crippen molar-refractivity contribution in [1.29, 1.82) is 0 Å². The molecule has 3 rings (SSSR count). The fourth-order valence-electron chi connectivity index (χ4n) is 4.33. The van der Waals surface area contributed by atoms with Gasteiger partial charge in [0.25, 0.3) is 0 Å². The van der Waals surface area contributed by atoms with Crippen LogP contribution in [0.25, 0.3) is 0 Å². The van der Waals surface area contributed by atoms with Gasteiger partial charge in [-0.15, -0.1) is 0 Å². The maximum atomic E-state index is 13.6. The minimum absolute atomic E-state index is 0.0190. The average Bonchev–Trinajstić information content (AvgIpc) is 3.38. The van der Waals surface area contributed by atoms with Crippen molar-refractivity contribution in [1.82, 2.24) is 10.2 Å². The minimum atomic E-state index is -3.62. The molecule has 0 aliphatic carbocycles. The van der Waals surface area contributed by atoms with Crippen molar-refractivity contribution in [2.45, 2.75) is 65.1 Å². The number of hydrogen-bond acceptors (Lipinski definition) is 7. The molecule has 0 bridgehead atoms. The van der Waals surface area contributed by atoms with E-state index in [2.05, 4.69) is 5.32 Å². The molecule has 0 radical (unpaired) electrons. The summed E-state index contributed by atoms with van der Waals surface area (Å²) >= 11 is 0. The number of sulfonamides is 1. The molecule has 0 fully saturated rings. The molecule has 0 aromatic heterocycles. The summed E-state index contributed by atoms with van der Waals surface area (Å²) in [4.78, 5) is 28.3. The van der Waals surface area contributed by atoms with Crippen molar-refractivity contribution in [3.8, 4) is 17.2 Å². The van der Waals surface area contributed by atoms with E-state index in [0.29, 0.717) is 29.4 Å². The second kappa shape index (κ2) is 13.5. The van der Waals surface area contributed by atoms with Gasteiger partial charge in [-0.05, 0) is 56.0 Å². The molecule has 11 heteroatoms. The number of benzene rings is 2. The Morgan fingerprint density at radius 1 is 1.05 bits per heavy atom. The zero-order valence-corrected chi connectivity index (χ0v) is 24.1. The summed E-state index contributed by atoms with van der Waals surface area (Å²) < 4.78 is 42.4. The quantitative estimate of drug-likeness (QED) is 0.374. The number of nitrogens with zero attached hydrogens (tertiary/aromatic N) is 2. The minimum Gasteiger partial charge on any atom is -0.497 e. The molecule has 0 saturated carbocycles. The van der Waals surface area contributed by atoms with Gasteiger partial charge in [0.1, 0.15) is 11.8 Å². The van der Waals surface area contributed by atoms with Gasteiger partial charge in [0.15, 0.2) is 11.5 Å². The van der Waals surface area contributed by atoms with Crippen molar-refractivity contribution in [3.05, 3.63) is 48.0 Å². The number of methoxy groups -OCH3 is 1. The second-order valence-electron chi connectivity index (χ2n) is 9.59. The van der Waals surface area contributed by atoms with E-state index in [1.165, 1.54) is 4.31 Å². The third kappa shape index (κ3) is 8.01. The summed E-state index contributed by atoms with van der Waals surface area (Å²) in [6.07, 6.45) is 2.68. The largest absolute Gasteiger partial charge is 0.497 e. The van der Waals surface area contributed by atoms with Gasteiger partial charge >= 0.3 is 0 Å². The van der Waals surface area contributed by atoms with Gasteiger partial charge < -0.3 is 24.4 Å². The van der Waals surface area contributed by atoms with Gasteiger partial charge in [-0.1, -0.05) is 26.0 Å². The number of carbonyl (C=O) groups is 2. The van der Waals surface area contributed by atoms with E-state index < -0.39 is 16.1 Å². The van der Waals surface area contributed by atoms with Crippen molar-refractivity contribution >= 4 is 27.5 Å². The molecule has 10 nitrogen and oxygen atoms in total. The van der Waals surface area contributed by atoms with Crippen molar-refractivity contribution in [2.75, 3.05) is 31.0 Å². The highest BCUT2D eigenvalue weighted by atomic mass is 32.2. The highest BCUT2D eigenvalue weighted by molar-refractivity contribution is 7.92. The molecule has 1 aliphatic rings. The van der Waals surface area contributed by atoms with Gasteiger partial charge in [0.2, 0.25) is 28.6 Å². The standard InChI is InChI=1S/C28H39N3O7S/c1-6-20(3)29-28(33)24(7-2)30(18-21-10-13-23(36-4)14-11-21)27(32)9-8-16-31(39(5,34)35)22-12-15-25-26(17-22)38-19-37-25/h10-15,17,20,24H,6-9,16,18-19H2,1-5H3,(H,29,33). The number of carbonyl (C=O) groups excluding carboxylic acids is 2. The summed E-state index contributed by atoms with van der Waals surface area (Å²) in [5, 5.41) is 2.99. The van der Waals surface area contributed by atoms with E-state index in [1.54, 1.807) is 30.2 Å². The van der Waals surface area contributed by atoms with Gasteiger partial charge in [0.05, 0.1) is 19.1 Å². The van der Waals surface area contributed by atoms with Crippen molar-refractivity contribution in [3.63, 3.8) is 0 Å². The lowest BCUT2D eigenvalue weighted by Gasteiger charge is -2.32. The normalized spacial score (nSPS) is 13.9. The molecule has 0 spiro atoms. The number of hydrogen-bond donors (Lipinski definition) is 1. The summed E-state index contributed by atoms with van der Waals surface area (Å²) in [7, 11) is -2.04. The van der Waals surface area contributed by atoms with Crippen LogP contribution in [0.1, 0.15) is 52.0 Å². The van der Waals surface area contributed by atoms with Crippen LogP contribution in [0.4, 0.5) is 5.69 Å². The lowest BCUT2D eigenvalue weighted by Crippen LogP contribution is -2.50. The molecule has 2 aromatic rings. The Kier molecular flexibility index (Phi) is 10.4. The zero-order valence-electron chi connectivity index (χ0n) is 23.3. The summed E-state index contributed by atoms with van der Waals surface area (Å²) in [5.41, 5.74) is 1.29. The number of nitrogens with one attached hydrogen (secondary N) is 1. The lowest BCUT2D eigenvalue weighted by molar-refractivity contribution is -0.141. The van der Waals surface area contributed by atoms with Gasteiger partial charge in [-0.25, -0.2) is 8.42 Å². The zero-order chi connectivity index (χ0) is 28.6. The topological polar surface area (TPSA) is 114 Å². The molecule has 2 unspecified atom stereocenters. The van der Waals surface area contributed by atoms with Crippen LogP contribution >= 0.6 is 0 Å².